The summed E-state index contributed by atoms with van der Waals surface area (Å²) in [6.07, 6.45) is 9.82. The van der Waals surface area contributed by atoms with Crippen LogP contribution in [-0.4, -0.2) is 26.7 Å². The van der Waals surface area contributed by atoms with Crippen LogP contribution in [0.3, 0.4) is 0 Å². The number of fused-ring (bicyclic) bond motifs is 1. The van der Waals surface area contributed by atoms with Gasteiger partial charge in [0.2, 0.25) is 0 Å². The summed E-state index contributed by atoms with van der Waals surface area (Å²) in [6, 6.07) is 7.09. The molecule has 0 spiro atoms. The molecule has 1 amide bonds. The lowest BCUT2D eigenvalue weighted by Gasteiger charge is -2.29. The largest absolute Gasteiger partial charge is 0.328 e. The second kappa shape index (κ2) is 6.29. The Morgan fingerprint density at radius 1 is 1.36 bits per heavy atom. The monoisotopic (exact) mass is 359 g/mol. The molecule has 112 valence electrons. The molecule has 2 N–H and O–H groups in total. The van der Waals surface area contributed by atoms with Crippen LogP contribution in [0.25, 0.3) is 0 Å². The molecule has 2 heterocycles. The highest BCUT2D eigenvalue weighted by atomic mass is 79.9. The van der Waals surface area contributed by atoms with E-state index in [9.17, 15) is 4.79 Å². The zero-order valence-electron chi connectivity index (χ0n) is 11.6. The van der Waals surface area contributed by atoms with Crippen molar-refractivity contribution < 1.29 is 10.0 Å². The highest BCUT2D eigenvalue weighted by Gasteiger charge is 2.23. The zero-order valence-corrected chi connectivity index (χ0v) is 13.2. The maximum absolute atomic E-state index is 11.3. The van der Waals surface area contributed by atoms with Gasteiger partial charge in [0.1, 0.15) is 5.84 Å². The minimum Gasteiger partial charge on any atom is -0.328 e. The number of hydrogen-bond acceptors (Lipinski definition) is 4. The number of carbonyl (C=O) groups is 1. The van der Waals surface area contributed by atoms with Crippen molar-refractivity contribution in [1.82, 2.24) is 10.4 Å². The molecule has 0 bridgehead atoms. The fourth-order valence-corrected chi connectivity index (χ4v) is 2.86. The topological polar surface area (TPSA) is 64.9 Å². The molecule has 1 atom stereocenters. The number of halogens is 1. The molecule has 3 rings (SSSR count). The van der Waals surface area contributed by atoms with Crippen LogP contribution in [0.5, 0.6) is 0 Å². The first-order valence-electron chi connectivity index (χ1n) is 6.76. The Labute approximate surface area is 136 Å². The second-order valence-electron chi connectivity index (χ2n) is 4.93. The Balaban J connectivity index is 1.77. The van der Waals surface area contributed by atoms with Gasteiger partial charge in [-0.1, -0.05) is 34.1 Å². The van der Waals surface area contributed by atoms with Crippen molar-refractivity contribution >= 4 is 27.7 Å². The predicted molar refractivity (Wildman–Crippen MR) is 87.8 cm³/mol. The Hall–Kier alpha value is -2.18. The lowest BCUT2D eigenvalue weighted by Crippen LogP contribution is -2.32. The summed E-state index contributed by atoms with van der Waals surface area (Å²) in [4.78, 5) is 18.0. The fraction of sp³-hybridized carbons (Fsp3) is 0.125. The summed E-state index contributed by atoms with van der Waals surface area (Å²) < 4.78 is 0. The number of aliphatic imine (C=N–C) groups is 1. The first-order chi connectivity index (χ1) is 10.7. The van der Waals surface area contributed by atoms with Crippen molar-refractivity contribution in [3.63, 3.8) is 0 Å². The molecule has 2 aliphatic rings. The molecule has 0 saturated carbocycles. The summed E-state index contributed by atoms with van der Waals surface area (Å²) in [7, 11) is 0. The van der Waals surface area contributed by atoms with Gasteiger partial charge >= 0.3 is 0 Å². The van der Waals surface area contributed by atoms with Crippen LogP contribution < -0.4 is 5.48 Å². The van der Waals surface area contributed by atoms with Crippen molar-refractivity contribution in [2.75, 3.05) is 0 Å². The van der Waals surface area contributed by atoms with E-state index in [2.05, 4.69) is 25.8 Å². The van der Waals surface area contributed by atoms with Crippen LogP contribution in [-0.2, 0) is 6.54 Å². The first-order valence-corrected chi connectivity index (χ1v) is 7.68. The molecule has 1 unspecified atom stereocenters. The molecule has 1 aromatic carbocycles. The maximum Gasteiger partial charge on any atom is 0.274 e. The maximum atomic E-state index is 11.3. The van der Waals surface area contributed by atoms with E-state index in [1.807, 2.05) is 36.6 Å². The van der Waals surface area contributed by atoms with Gasteiger partial charge < -0.3 is 4.90 Å². The molecular formula is C16H14BrN3O2. The fourth-order valence-electron chi connectivity index (χ4n) is 2.37. The van der Waals surface area contributed by atoms with Gasteiger partial charge in [0.15, 0.2) is 0 Å². The number of nitrogens with one attached hydrogen (secondary N) is 1. The third-order valence-electron chi connectivity index (χ3n) is 3.49. The van der Waals surface area contributed by atoms with Crippen molar-refractivity contribution in [1.29, 1.82) is 0 Å². The summed E-state index contributed by atoms with van der Waals surface area (Å²) in [5, 5.41) is 8.62. The van der Waals surface area contributed by atoms with Gasteiger partial charge in [-0.05, 0) is 29.8 Å². The van der Waals surface area contributed by atoms with E-state index in [4.69, 9.17) is 5.21 Å². The number of carbonyl (C=O) groups excluding carboxylic acids is 1. The smallest absolute Gasteiger partial charge is 0.274 e. The van der Waals surface area contributed by atoms with Crippen LogP contribution in [0.1, 0.15) is 15.9 Å². The average molecular weight is 360 g/mol. The SMILES string of the molecule is O=C(NO)c1ccc(CN2C=CC=C3C2=NC=CC3Br)cc1. The van der Waals surface area contributed by atoms with Crippen LogP contribution in [0.2, 0.25) is 0 Å². The highest BCUT2D eigenvalue weighted by Crippen LogP contribution is 2.25. The Kier molecular flexibility index (Phi) is 4.22. The van der Waals surface area contributed by atoms with Gasteiger partial charge in [0.25, 0.3) is 5.91 Å². The van der Waals surface area contributed by atoms with E-state index >= 15 is 0 Å². The van der Waals surface area contributed by atoms with Crippen molar-refractivity contribution in [2.24, 2.45) is 4.99 Å². The first kappa shape index (κ1) is 14.7. The summed E-state index contributed by atoms with van der Waals surface area (Å²) >= 11 is 3.61. The minimum absolute atomic E-state index is 0.170. The lowest BCUT2D eigenvalue weighted by atomic mass is 10.0. The summed E-state index contributed by atoms with van der Waals surface area (Å²) in [5.41, 5.74) is 4.21. The van der Waals surface area contributed by atoms with Crippen molar-refractivity contribution in [3.8, 4) is 0 Å². The number of amidine groups is 1. The molecule has 0 saturated heterocycles. The molecule has 6 heteroatoms. The number of nitrogens with zero attached hydrogens (tertiary/aromatic N) is 2. The van der Waals surface area contributed by atoms with Crippen LogP contribution >= 0.6 is 15.9 Å². The Morgan fingerprint density at radius 3 is 2.86 bits per heavy atom. The number of alkyl halides is 1. The van der Waals surface area contributed by atoms with E-state index in [-0.39, 0.29) is 4.83 Å². The predicted octanol–water partition coefficient (Wildman–Crippen LogP) is 2.75. The number of rotatable bonds is 3. The van der Waals surface area contributed by atoms with Gasteiger partial charge in [-0.3, -0.25) is 10.0 Å². The number of hydrogen-bond donors (Lipinski definition) is 2. The number of benzene rings is 1. The zero-order chi connectivity index (χ0) is 15.5. The van der Waals surface area contributed by atoms with E-state index in [0.717, 1.165) is 17.0 Å². The van der Waals surface area contributed by atoms with E-state index in [1.165, 1.54) is 0 Å². The Morgan fingerprint density at radius 2 is 2.14 bits per heavy atom. The average Bonchev–Trinajstić information content (AvgIpc) is 2.56. The van der Waals surface area contributed by atoms with Gasteiger partial charge in [-0.25, -0.2) is 10.5 Å². The molecule has 1 aromatic rings. The number of allylic oxidation sites excluding steroid dienone is 3. The molecule has 0 aromatic heterocycles. The molecule has 0 aliphatic carbocycles. The molecule has 0 radical (unpaired) electrons. The number of hydroxylamine groups is 1. The van der Waals surface area contributed by atoms with Gasteiger partial charge in [0, 0.05) is 30.1 Å². The number of amides is 1. The van der Waals surface area contributed by atoms with Crippen LogP contribution in [0, 0.1) is 0 Å². The van der Waals surface area contributed by atoms with Gasteiger partial charge in [-0.2, -0.15) is 0 Å². The second-order valence-corrected chi connectivity index (χ2v) is 5.91. The van der Waals surface area contributed by atoms with Crippen molar-refractivity contribution in [2.45, 2.75) is 11.4 Å². The van der Waals surface area contributed by atoms with Gasteiger partial charge in [0.05, 0.1) is 4.83 Å². The minimum atomic E-state index is -0.515. The van der Waals surface area contributed by atoms with E-state index < -0.39 is 5.91 Å². The van der Waals surface area contributed by atoms with Crippen molar-refractivity contribution in [3.05, 3.63) is 71.6 Å². The standard InChI is InChI=1S/C16H14BrN3O2/c17-14-7-8-18-15-13(14)2-1-9-20(15)10-11-3-5-12(6-4-11)16(21)19-22/h1-9,14,22H,10H2,(H,19,21). The Bertz CT molecular complexity index is 705. The third-order valence-corrected chi connectivity index (χ3v) is 4.29. The molecular weight excluding hydrogens is 346 g/mol. The van der Waals surface area contributed by atoms with E-state index in [1.54, 1.807) is 23.8 Å². The van der Waals surface area contributed by atoms with Crippen LogP contribution in [0.15, 0.2) is 65.5 Å². The lowest BCUT2D eigenvalue weighted by molar-refractivity contribution is 0.0706. The highest BCUT2D eigenvalue weighted by molar-refractivity contribution is 9.09. The van der Waals surface area contributed by atoms with Crippen LogP contribution in [0.4, 0.5) is 0 Å². The summed E-state index contributed by atoms with van der Waals surface area (Å²) in [6.45, 7) is 0.654. The quantitative estimate of drug-likeness (QED) is 0.495. The normalized spacial score (nSPS) is 19.4. The van der Waals surface area contributed by atoms with E-state index in [0.29, 0.717) is 12.1 Å². The molecule has 0 fully saturated rings. The molecule has 22 heavy (non-hydrogen) atoms. The summed E-state index contributed by atoms with van der Waals surface area (Å²) in [5.74, 6) is 0.405. The molecule has 2 aliphatic heterocycles. The third kappa shape index (κ3) is 2.88. The molecule has 5 nitrogen and oxygen atoms in total. The van der Waals surface area contributed by atoms with Gasteiger partial charge in [-0.15, -0.1) is 0 Å².